The minimum absolute atomic E-state index is 0.154. The number of hydrogen-bond acceptors (Lipinski definition) is 4. The van der Waals surface area contributed by atoms with Crippen molar-refractivity contribution in [1.82, 2.24) is 0 Å². The van der Waals surface area contributed by atoms with E-state index < -0.39 is 5.91 Å². The summed E-state index contributed by atoms with van der Waals surface area (Å²) in [5, 5.41) is 22.8. The van der Waals surface area contributed by atoms with Crippen molar-refractivity contribution < 1.29 is 15.0 Å². The van der Waals surface area contributed by atoms with Gasteiger partial charge in [0.15, 0.2) is 0 Å². The summed E-state index contributed by atoms with van der Waals surface area (Å²) in [6.45, 7) is 1.47. The second-order valence-electron chi connectivity index (χ2n) is 5.85. The van der Waals surface area contributed by atoms with E-state index in [2.05, 4.69) is 10.2 Å². The molecule has 0 unspecified atom stereocenters. The molecule has 1 fully saturated rings. The first-order chi connectivity index (χ1) is 11.5. The van der Waals surface area contributed by atoms with Gasteiger partial charge in [-0.2, -0.15) is 0 Å². The molecule has 6 heteroatoms. The predicted molar refractivity (Wildman–Crippen MR) is 95.0 cm³/mol. The number of carbonyl (C=O) groups excluding carboxylic acids is 1. The fourth-order valence-corrected chi connectivity index (χ4v) is 3.01. The van der Waals surface area contributed by atoms with E-state index in [0.29, 0.717) is 23.6 Å². The standard InChI is InChI=1S/C18H19ClN2O3/c19-12-5-6-14(17(23)11-12)18(24)20-15-3-1-2-4-16(15)21-9-7-13(22)8-10-21/h1-6,11,13,22-23H,7-10H2,(H,20,24). The molecule has 0 spiro atoms. The van der Waals surface area contributed by atoms with Gasteiger partial charge < -0.3 is 20.4 Å². The highest BCUT2D eigenvalue weighted by atomic mass is 35.5. The van der Waals surface area contributed by atoms with E-state index in [4.69, 9.17) is 11.6 Å². The lowest BCUT2D eigenvalue weighted by atomic mass is 10.1. The Morgan fingerprint density at radius 1 is 1.17 bits per heavy atom. The average molecular weight is 347 g/mol. The van der Waals surface area contributed by atoms with Crippen molar-refractivity contribution >= 4 is 28.9 Å². The second-order valence-corrected chi connectivity index (χ2v) is 6.29. The minimum Gasteiger partial charge on any atom is -0.507 e. The summed E-state index contributed by atoms with van der Waals surface area (Å²) in [5.74, 6) is -0.549. The molecule has 1 heterocycles. The van der Waals surface area contributed by atoms with Crippen LogP contribution < -0.4 is 10.2 Å². The highest BCUT2D eigenvalue weighted by Crippen LogP contribution is 2.30. The van der Waals surface area contributed by atoms with E-state index in [1.54, 1.807) is 6.07 Å². The van der Waals surface area contributed by atoms with Crippen molar-refractivity contribution in [1.29, 1.82) is 0 Å². The molecule has 0 saturated carbocycles. The molecule has 0 atom stereocenters. The normalized spacial score (nSPS) is 15.3. The molecule has 3 N–H and O–H groups in total. The van der Waals surface area contributed by atoms with Gasteiger partial charge >= 0.3 is 0 Å². The molecular weight excluding hydrogens is 328 g/mol. The number of nitrogens with one attached hydrogen (secondary N) is 1. The predicted octanol–water partition coefficient (Wildman–Crippen LogP) is 3.26. The summed E-state index contributed by atoms with van der Waals surface area (Å²) in [4.78, 5) is 14.6. The highest BCUT2D eigenvalue weighted by Gasteiger charge is 2.20. The number of aliphatic hydroxyl groups excluding tert-OH is 1. The molecule has 1 amide bonds. The van der Waals surface area contributed by atoms with Crippen LogP contribution >= 0.6 is 11.6 Å². The van der Waals surface area contributed by atoms with Crippen LogP contribution in [-0.4, -0.2) is 35.3 Å². The Bertz CT molecular complexity index is 743. The molecule has 5 nitrogen and oxygen atoms in total. The van der Waals surface area contributed by atoms with E-state index in [0.717, 1.165) is 18.8 Å². The van der Waals surface area contributed by atoms with Gasteiger partial charge in [0, 0.05) is 18.1 Å². The molecule has 1 saturated heterocycles. The Morgan fingerprint density at radius 3 is 2.58 bits per heavy atom. The van der Waals surface area contributed by atoms with Crippen molar-refractivity contribution in [3.8, 4) is 5.75 Å². The van der Waals surface area contributed by atoms with Crippen LogP contribution in [0.5, 0.6) is 5.75 Å². The lowest BCUT2D eigenvalue weighted by molar-refractivity contribution is 0.102. The Balaban J connectivity index is 1.81. The lowest BCUT2D eigenvalue weighted by Crippen LogP contribution is -2.36. The maximum Gasteiger partial charge on any atom is 0.259 e. The molecule has 0 radical (unpaired) electrons. The topological polar surface area (TPSA) is 72.8 Å². The van der Waals surface area contributed by atoms with Crippen molar-refractivity contribution in [2.45, 2.75) is 18.9 Å². The van der Waals surface area contributed by atoms with Crippen molar-refractivity contribution in [2.24, 2.45) is 0 Å². The van der Waals surface area contributed by atoms with E-state index in [1.165, 1.54) is 12.1 Å². The Hall–Kier alpha value is -2.24. The number of aromatic hydroxyl groups is 1. The molecule has 24 heavy (non-hydrogen) atoms. The third kappa shape index (κ3) is 3.63. The quantitative estimate of drug-likeness (QED) is 0.797. The highest BCUT2D eigenvalue weighted by molar-refractivity contribution is 6.31. The minimum atomic E-state index is -0.395. The summed E-state index contributed by atoms with van der Waals surface area (Å²) in [5.41, 5.74) is 1.75. The number of benzene rings is 2. The van der Waals surface area contributed by atoms with Crippen LogP contribution in [0.4, 0.5) is 11.4 Å². The Labute approximate surface area is 145 Å². The average Bonchev–Trinajstić information content (AvgIpc) is 2.56. The molecule has 1 aliphatic heterocycles. The molecule has 1 aliphatic rings. The van der Waals surface area contributed by atoms with Gasteiger partial charge in [0.25, 0.3) is 5.91 Å². The molecule has 126 valence electrons. The molecule has 2 aromatic carbocycles. The van der Waals surface area contributed by atoms with E-state index in [1.807, 2.05) is 24.3 Å². The maximum atomic E-state index is 12.5. The second kappa shape index (κ2) is 7.11. The van der Waals surface area contributed by atoms with Gasteiger partial charge in [-0.05, 0) is 43.2 Å². The van der Waals surface area contributed by atoms with Crippen LogP contribution in [0.1, 0.15) is 23.2 Å². The van der Waals surface area contributed by atoms with E-state index in [-0.39, 0.29) is 17.4 Å². The van der Waals surface area contributed by atoms with Gasteiger partial charge in [-0.15, -0.1) is 0 Å². The monoisotopic (exact) mass is 346 g/mol. The number of carbonyl (C=O) groups is 1. The van der Waals surface area contributed by atoms with Crippen molar-refractivity contribution in [2.75, 3.05) is 23.3 Å². The Morgan fingerprint density at radius 2 is 1.88 bits per heavy atom. The van der Waals surface area contributed by atoms with Crippen LogP contribution in [0, 0.1) is 0 Å². The lowest BCUT2D eigenvalue weighted by Gasteiger charge is -2.32. The number of piperidine rings is 1. The first-order valence-electron chi connectivity index (χ1n) is 7.86. The van der Waals surface area contributed by atoms with Crippen molar-refractivity contribution in [3.05, 3.63) is 53.1 Å². The molecule has 3 rings (SSSR count). The van der Waals surface area contributed by atoms with Crippen LogP contribution in [-0.2, 0) is 0 Å². The molecule has 0 bridgehead atoms. The molecular formula is C18H19ClN2O3. The number of nitrogens with zero attached hydrogens (tertiary/aromatic N) is 1. The van der Waals surface area contributed by atoms with E-state index in [9.17, 15) is 15.0 Å². The van der Waals surface area contributed by atoms with Crippen molar-refractivity contribution in [3.63, 3.8) is 0 Å². The number of amides is 1. The summed E-state index contributed by atoms with van der Waals surface area (Å²) in [6, 6.07) is 11.9. The summed E-state index contributed by atoms with van der Waals surface area (Å²) in [7, 11) is 0. The van der Waals surface area contributed by atoms with Gasteiger partial charge in [0.2, 0.25) is 0 Å². The number of para-hydroxylation sites is 2. The SMILES string of the molecule is O=C(Nc1ccccc1N1CCC(O)CC1)c1ccc(Cl)cc1O. The van der Waals surface area contributed by atoms with Crippen LogP contribution in [0.3, 0.4) is 0 Å². The van der Waals surface area contributed by atoms with E-state index >= 15 is 0 Å². The number of hydrogen-bond donors (Lipinski definition) is 3. The first kappa shape index (κ1) is 16.6. The third-order valence-electron chi connectivity index (χ3n) is 4.16. The zero-order valence-electron chi connectivity index (χ0n) is 13.1. The zero-order chi connectivity index (χ0) is 17.1. The largest absolute Gasteiger partial charge is 0.507 e. The third-order valence-corrected chi connectivity index (χ3v) is 4.40. The summed E-state index contributed by atoms with van der Waals surface area (Å²) < 4.78 is 0. The van der Waals surface area contributed by atoms with Crippen LogP contribution in [0.2, 0.25) is 5.02 Å². The van der Waals surface area contributed by atoms with Gasteiger partial charge in [0.05, 0.1) is 23.0 Å². The molecule has 2 aromatic rings. The number of halogens is 1. The molecule has 0 aliphatic carbocycles. The summed E-state index contributed by atoms with van der Waals surface area (Å²) in [6.07, 6.45) is 1.16. The fourth-order valence-electron chi connectivity index (χ4n) is 2.85. The number of aliphatic hydroxyl groups is 1. The van der Waals surface area contributed by atoms with Crippen LogP contribution in [0.25, 0.3) is 0 Å². The van der Waals surface area contributed by atoms with Crippen LogP contribution in [0.15, 0.2) is 42.5 Å². The van der Waals surface area contributed by atoms with Gasteiger partial charge in [0.1, 0.15) is 5.75 Å². The summed E-state index contributed by atoms with van der Waals surface area (Å²) >= 11 is 5.80. The number of rotatable bonds is 3. The number of phenolic OH excluding ortho intramolecular Hbond substituents is 1. The number of phenols is 1. The fraction of sp³-hybridized carbons (Fsp3) is 0.278. The van der Waals surface area contributed by atoms with Gasteiger partial charge in [-0.3, -0.25) is 4.79 Å². The van der Waals surface area contributed by atoms with Gasteiger partial charge in [-0.25, -0.2) is 0 Å². The molecule has 0 aromatic heterocycles. The smallest absolute Gasteiger partial charge is 0.259 e. The Kier molecular flexibility index (Phi) is 4.92. The zero-order valence-corrected chi connectivity index (χ0v) is 13.8. The maximum absolute atomic E-state index is 12.5. The first-order valence-corrected chi connectivity index (χ1v) is 8.24. The van der Waals surface area contributed by atoms with Gasteiger partial charge in [-0.1, -0.05) is 23.7 Å². The number of anilines is 2.